The van der Waals surface area contributed by atoms with Crippen LogP contribution in [-0.4, -0.2) is 30.1 Å². The third kappa shape index (κ3) is 5.31. The first-order valence-electron chi connectivity index (χ1n) is 10.7. The molecule has 1 atom stereocenters. The molecular formula is C24H28BrN5OS. The number of halogens is 1. The monoisotopic (exact) mass is 513 g/mol. The predicted octanol–water partition coefficient (Wildman–Crippen LogP) is 5.09. The standard InChI is InChI=1S/C24H28BrN5OS/c1-24(2,17-5-7-18(25)8-6-17)21-15-32-23(28-21)29-22(31)27-13-16-3-9-20(10-4-16)30-12-11-19(26)14-30/h3-10,15,19H,11-14,26H2,1-2H3,(H2,27,28,29,31). The minimum absolute atomic E-state index is 0.255. The minimum atomic E-state index is -0.262. The van der Waals surface area contributed by atoms with Crippen LogP contribution in [0.3, 0.4) is 0 Å². The van der Waals surface area contributed by atoms with Gasteiger partial charge in [-0.25, -0.2) is 9.78 Å². The van der Waals surface area contributed by atoms with E-state index in [4.69, 9.17) is 5.73 Å². The van der Waals surface area contributed by atoms with Crippen LogP contribution in [0.15, 0.2) is 58.4 Å². The fraction of sp³-hybridized carbons (Fsp3) is 0.333. The first-order valence-corrected chi connectivity index (χ1v) is 12.3. The van der Waals surface area contributed by atoms with E-state index in [0.717, 1.165) is 35.2 Å². The Labute approximate surface area is 201 Å². The summed E-state index contributed by atoms with van der Waals surface area (Å²) in [4.78, 5) is 19.3. The summed E-state index contributed by atoms with van der Waals surface area (Å²) in [6.07, 6.45) is 1.03. The molecule has 1 fully saturated rings. The number of aromatic nitrogens is 1. The van der Waals surface area contributed by atoms with Crippen molar-refractivity contribution in [2.75, 3.05) is 23.3 Å². The number of hydrogen-bond acceptors (Lipinski definition) is 5. The molecule has 1 aliphatic rings. The number of rotatable bonds is 6. The van der Waals surface area contributed by atoms with E-state index < -0.39 is 0 Å². The van der Waals surface area contributed by atoms with Gasteiger partial charge in [0.05, 0.1) is 5.69 Å². The molecule has 168 valence electrons. The maximum absolute atomic E-state index is 12.4. The van der Waals surface area contributed by atoms with Gasteiger partial charge in [0.15, 0.2) is 5.13 Å². The maximum atomic E-state index is 12.4. The number of nitrogens with two attached hydrogens (primary N) is 1. The molecule has 1 unspecified atom stereocenters. The van der Waals surface area contributed by atoms with Crippen molar-refractivity contribution in [1.29, 1.82) is 0 Å². The molecule has 1 aromatic heterocycles. The number of carbonyl (C=O) groups excluding carboxylic acids is 1. The molecule has 0 saturated carbocycles. The fourth-order valence-electron chi connectivity index (χ4n) is 3.80. The van der Waals surface area contributed by atoms with Crippen LogP contribution < -0.4 is 21.3 Å². The highest BCUT2D eigenvalue weighted by Gasteiger charge is 2.26. The zero-order valence-electron chi connectivity index (χ0n) is 18.3. The van der Waals surface area contributed by atoms with E-state index in [1.54, 1.807) is 0 Å². The second-order valence-corrected chi connectivity index (χ2v) is 10.4. The molecule has 1 saturated heterocycles. The van der Waals surface area contributed by atoms with Gasteiger partial charge in [-0.3, -0.25) is 5.32 Å². The van der Waals surface area contributed by atoms with Crippen LogP contribution in [0, 0.1) is 0 Å². The summed E-state index contributed by atoms with van der Waals surface area (Å²) in [7, 11) is 0. The van der Waals surface area contributed by atoms with Crippen LogP contribution in [0.1, 0.15) is 37.1 Å². The number of urea groups is 1. The van der Waals surface area contributed by atoms with Crippen LogP contribution >= 0.6 is 27.3 Å². The zero-order chi connectivity index (χ0) is 22.7. The van der Waals surface area contributed by atoms with E-state index in [9.17, 15) is 4.79 Å². The van der Waals surface area contributed by atoms with Gasteiger partial charge in [0.1, 0.15) is 0 Å². The Morgan fingerprint density at radius 3 is 2.59 bits per heavy atom. The topological polar surface area (TPSA) is 83.3 Å². The number of hydrogen-bond donors (Lipinski definition) is 3. The Balaban J connectivity index is 1.31. The summed E-state index contributed by atoms with van der Waals surface area (Å²) < 4.78 is 1.05. The highest BCUT2D eigenvalue weighted by atomic mass is 79.9. The Hall–Kier alpha value is -2.42. The lowest BCUT2D eigenvalue weighted by Crippen LogP contribution is -2.28. The van der Waals surface area contributed by atoms with E-state index in [1.165, 1.54) is 22.6 Å². The number of benzene rings is 2. The lowest BCUT2D eigenvalue weighted by atomic mass is 9.82. The highest BCUT2D eigenvalue weighted by Crippen LogP contribution is 2.34. The molecule has 2 amide bonds. The zero-order valence-corrected chi connectivity index (χ0v) is 20.7. The van der Waals surface area contributed by atoms with Gasteiger partial charge in [-0.05, 0) is 41.8 Å². The lowest BCUT2D eigenvalue weighted by molar-refractivity contribution is 0.251. The van der Waals surface area contributed by atoms with E-state index >= 15 is 0 Å². The SMILES string of the molecule is CC(C)(c1ccc(Br)cc1)c1csc(NC(=O)NCc2ccc(N3CCC(N)C3)cc2)n1. The highest BCUT2D eigenvalue weighted by molar-refractivity contribution is 9.10. The van der Waals surface area contributed by atoms with E-state index in [2.05, 4.69) is 74.6 Å². The van der Waals surface area contributed by atoms with Crippen LogP contribution in [0.5, 0.6) is 0 Å². The van der Waals surface area contributed by atoms with Gasteiger partial charge >= 0.3 is 6.03 Å². The van der Waals surface area contributed by atoms with Gasteiger partial charge in [0.2, 0.25) is 0 Å². The van der Waals surface area contributed by atoms with Crippen molar-refractivity contribution in [1.82, 2.24) is 10.3 Å². The van der Waals surface area contributed by atoms with Crippen molar-refractivity contribution in [2.24, 2.45) is 5.73 Å². The molecule has 8 heteroatoms. The molecule has 0 aliphatic carbocycles. The number of anilines is 2. The van der Waals surface area contributed by atoms with E-state index in [1.807, 2.05) is 29.6 Å². The van der Waals surface area contributed by atoms with Crippen molar-refractivity contribution in [3.63, 3.8) is 0 Å². The molecule has 2 heterocycles. The van der Waals surface area contributed by atoms with Crippen LogP contribution in [0.2, 0.25) is 0 Å². The van der Waals surface area contributed by atoms with Gasteiger partial charge in [0.25, 0.3) is 0 Å². The third-order valence-electron chi connectivity index (χ3n) is 5.91. The second kappa shape index (κ2) is 9.60. The van der Waals surface area contributed by atoms with Crippen LogP contribution in [0.25, 0.3) is 0 Å². The first-order chi connectivity index (χ1) is 15.3. The average molecular weight is 514 g/mol. The van der Waals surface area contributed by atoms with Gasteiger partial charge < -0.3 is 16.0 Å². The Bertz CT molecular complexity index is 1060. The smallest absolute Gasteiger partial charge is 0.321 e. The average Bonchev–Trinajstić information content (AvgIpc) is 3.42. The van der Waals surface area contributed by atoms with Gasteiger partial charge in [0, 0.05) is 46.6 Å². The summed E-state index contributed by atoms with van der Waals surface area (Å²) in [6.45, 7) is 6.61. The lowest BCUT2D eigenvalue weighted by Gasteiger charge is -2.23. The summed E-state index contributed by atoms with van der Waals surface area (Å²) in [5.74, 6) is 0. The molecule has 2 aromatic carbocycles. The molecule has 3 aromatic rings. The number of nitrogens with one attached hydrogen (secondary N) is 2. The van der Waals surface area contributed by atoms with E-state index in [-0.39, 0.29) is 17.5 Å². The van der Waals surface area contributed by atoms with Crippen molar-refractivity contribution in [2.45, 2.75) is 38.3 Å². The molecule has 4 N–H and O–H groups in total. The molecule has 0 bridgehead atoms. The van der Waals surface area contributed by atoms with Gasteiger partial charge in [-0.2, -0.15) is 0 Å². The maximum Gasteiger partial charge on any atom is 0.321 e. The predicted molar refractivity (Wildman–Crippen MR) is 135 cm³/mol. The fourth-order valence-corrected chi connectivity index (χ4v) is 4.94. The largest absolute Gasteiger partial charge is 0.370 e. The Morgan fingerprint density at radius 2 is 1.94 bits per heavy atom. The minimum Gasteiger partial charge on any atom is -0.370 e. The molecule has 32 heavy (non-hydrogen) atoms. The quantitative estimate of drug-likeness (QED) is 0.428. The Morgan fingerprint density at radius 1 is 1.22 bits per heavy atom. The van der Waals surface area contributed by atoms with Crippen molar-refractivity contribution in [3.05, 3.63) is 75.2 Å². The molecule has 6 nitrogen and oxygen atoms in total. The van der Waals surface area contributed by atoms with Crippen molar-refractivity contribution < 1.29 is 4.79 Å². The van der Waals surface area contributed by atoms with Gasteiger partial charge in [-0.15, -0.1) is 11.3 Å². The molecule has 1 aliphatic heterocycles. The van der Waals surface area contributed by atoms with Crippen LogP contribution in [-0.2, 0) is 12.0 Å². The Kier molecular flexibility index (Phi) is 6.83. The number of amides is 2. The second-order valence-electron chi connectivity index (χ2n) is 8.64. The molecule has 0 spiro atoms. The van der Waals surface area contributed by atoms with E-state index in [0.29, 0.717) is 11.7 Å². The third-order valence-corrected chi connectivity index (χ3v) is 7.20. The molecule has 4 rings (SSSR count). The normalized spacial score (nSPS) is 16.2. The molecule has 0 radical (unpaired) electrons. The summed E-state index contributed by atoms with van der Waals surface area (Å²) >= 11 is 4.91. The van der Waals surface area contributed by atoms with Crippen LogP contribution in [0.4, 0.5) is 15.6 Å². The number of thiazole rings is 1. The number of carbonyl (C=O) groups is 1. The van der Waals surface area contributed by atoms with Crippen molar-refractivity contribution >= 4 is 44.1 Å². The summed E-state index contributed by atoms with van der Waals surface area (Å²) in [5.41, 5.74) is 10.1. The van der Waals surface area contributed by atoms with Crippen molar-refractivity contribution in [3.8, 4) is 0 Å². The molecular weight excluding hydrogens is 486 g/mol. The number of nitrogens with zero attached hydrogens (tertiary/aromatic N) is 2. The summed E-state index contributed by atoms with van der Waals surface area (Å²) in [5, 5.41) is 8.35. The van der Waals surface area contributed by atoms with Gasteiger partial charge in [-0.1, -0.05) is 54.0 Å². The summed E-state index contributed by atoms with van der Waals surface area (Å²) in [6, 6.07) is 16.5. The first kappa shape index (κ1) is 22.8.